The summed E-state index contributed by atoms with van der Waals surface area (Å²) in [5.41, 5.74) is 2.55. The zero-order valence-electron chi connectivity index (χ0n) is 18.7. The van der Waals surface area contributed by atoms with E-state index >= 15 is 0 Å². The van der Waals surface area contributed by atoms with Crippen LogP contribution in [0, 0.1) is 11.7 Å². The lowest BCUT2D eigenvalue weighted by Crippen LogP contribution is -2.35. The van der Waals surface area contributed by atoms with Gasteiger partial charge in [-0.3, -0.25) is 9.69 Å². The fraction of sp³-hybridized carbons (Fsp3) is 0.480. The molecular weight excluding hydrogens is 411 g/mol. The maximum Gasteiger partial charge on any atom is 0.222 e. The number of hydrogen-bond acceptors (Lipinski definition) is 5. The Kier molecular flexibility index (Phi) is 6.96. The molecule has 1 N–H and O–H groups in total. The second kappa shape index (κ2) is 9.88. The number of ether oxygens (including phenoxy) is 2. The van der Waals surface area contributed by atoms with Crippen LogP contribution in [0.4, 0.5) is 4.39 Å². The van der Waals surface area contributed by atoms with E-state index in [-0.39, 0.29) is 23.7 Å². The highest BCUT2D eigenvalue weighted by Gasteiger charge is 2.27. The lowest BCUT2D eigenvalue weighted by Gasteiger charge is -2.30. The number of benzene rings is 2. The van der Waals surface area contributed by atoms with E-state index in [4.69, 9.17) is 9.47 Å². The molecule has 0 aliphatic carbocycles. The molecule has 2 heterocycles. The fourth-order valence-corrected chi connectivity index (χ4v) is 4.51. The molecule has 2 aliphatic rings. The van der Waals surface area contributed by atoms with Crippen LogP contribution in [-0.4, -0.2) is 67.3 Å². The molecule has 1 amide bonds. The predicted octanol–water partition coefficient (Wildman–Crippen LogP) is 3.32. The Morgan fingerprint density at radius 1 is 1.12 bits per heavy atom. The van der Waals surface area contributed by atoms with Gasteiger partial charge in [0.2, 0.25) is 5.91 Å². The van der Waals surface area contributed by atoms with Gasteiger partial charge >= 0.3 is 0 Å². The molecule has 1 atom stereocenters. The van der Waals surface area contributed by atoms with Crippen LogP contribution in [0.15, 0.2) is 36.4 Å². The van der Waals surface area contributed by atoms with Gasteiger partial charge in [-0.1, -0.05) is 6.07 Å². The molecule has 7 heteroatoms. The largest absolute Gasteiger partial charge is 0.496 e. The summed E-state index contributed by atoms with van der Waals surface area (Å²) >= 11 is 0. The van der Waals surface area contributed by atoms with Crippen molar-refractivity contribution in [1.82, 2.24) is 9.80 Å². The lowest BCUT2D eigenvalue weighted by atomic mass is 10.00. The average molecular weight is 443 g/mol. The number of likely N-dealkylation sites (tertiary alicyclic amines) is 2. The molecule has 0 aromatic heterocycles. The van der Waals surface area contributed by atoms with Gasteiger partial charge < -0.3 is 19.5 Å². The van der Waals surface area contributed by atoms with Gasteiger partial charge in [-0.05, 0) is 48.7 Å². The topological polar surface area (TPSA) is 62.2 Å². The minimum Gasteiger partial charge on any atom is -0.496 e. The molecule has 2 saturated heterocycles. The summed E-state index contributed by atoms with van der Waals surface area (Å²) in [5.74, 6) is 1.40. The molecule has 0 bridgehead atoms. The minimum atomic E-state index is -0.317. The van der Waals surface area contributed by atoms with Gasteiger partial charge in [0.05, 0.1) is 19.8 Å². The third-order valence-electron chi connectivity index (χ3n) is 6.38. The van der Waals surface area contributed by atoms with Crippen molar-refractivity contribution in [3.8, 4) is 22.6 Å². The van der Waals surface area contributed by atoms with Gasteiger partial charge in [-0.15, -0.1) is 0 Å². The van der Waals surface area contributed by atoms with Crippen LogP contribution in [0.3, 0.4) is 0 Å². The number of methoxy groups -OCH3 is 1. The third-order valence-corrected chi connectivity index (χ3v) is 6.38. The highest BCUT2D eigenvalue weighted by Crippen LogP contribution is 2.34. The first-order chi connectivity index (χ1) is 15.4. The number of halogens is 1. The molecule has 32 heavy (non-hydrogen) atoms. The number of aliphatic hydroxyl groups is 1. The number of rotatable bonds is 7. The van der Waals surface area contributed by atoms with E-state index in [1.54, 1.807) is 18.1 Å². The summed E-state index contributed by atoms with van der Waals surface area (Å²) < 4.78 is 25.6. The van der Waals surface area contributed by atoms with E-state index in [9.17, 15) is 14.3 Å². The number of carbonyl (C=O) groups excluding carboxylic acids is 1. The smallest absolute Gasteiger partial charge is 0.222 e. The van der Waals surface area contributed by atoms with Gasteiger partial charge in [0.1, 0.15) is 17.3 Å². The van der Waals surface area contributed by atoms with Gasteiger partial charge in [0.25, 0.3) is 0 Å². The van der Waals surface area contributed by atoms with Crippen molar-refractivity contribution in [3.63, 3.8) is 0 Å². The van der Waals surface area contributed by atoms with Crippen molar-refractivity contribution >= 4 is 5.91 Å². The minimum absolute atomic E-state index is 0.152. The molecule has 0 spiro atoms. The summed E-state index contributed by atoms with van der Waals surface area (Å²) in [7, 11) is 3.40. The van der Waals surface area contributed by atoms with E-state index in [2.05, 4.69) is 4.90 Å². The maximum atomic E-state index is 14.0. The number of aliphatic hydroxyl groups excluding tert-OH is 1. The summed E-state index contributed by atoms with van der Waals surface area (Å²) in [6, 6.07) is 10.4. The van der Waals surface area contributed by atoms with Crippen molar-refractivity contribution in [2.24, 2.45) is 5.92 Å². The Morgan fingerprint density at radius 2 is 1.88 bits per heavy atom. The van der Waals surface area contributed by atoms with E-state index in [0.29, 0.717) is 37.4 Å². The van der Waals surface area contributed by atoms with Gasteiger partial charge in [0.15, 0.2) is 0 Å². The highest BCUT2D eigenvalue weighted by molar-refractivity contribution is 5.78. The highest BCUT2D eigenvalue weighted by atomic mass is 19.1. The molecular formula is C25H31FN2O4. The van der Waals surface area contributed by atoms with Crippen molar-refractivity contribution < 1.29 is 23.8 Å². The molecule has 172 valence electrons. The first-order valence-corrected chi connectivity index (χ1v) is 11.2. The Labute approximate surface area is 188 Å². The normalized spacial score (nSPS) is 20.1. The first kappa shape index (κ1) is 22.6. The lowest BCUT2D eigenvalue weighted by molar-refractivity contribution is -0.126. The van der Waals surface area contributed by atoms with E-state index in [1.165, 1.54) is 12.1 Å². The van der Waals surface area contributed by atoms with Crippen LogP contribution in [0.25, 0.3) is 11.1 Å². The van der Waals surface area contributed by atoms with E-state index in [1.807, 2.05) is 25.2 Å². The molecule has 1 unspecified atom stereocenters. The molecule has 4 rings (SSSR count). The quantitative estimate of drug-likeness (QED) is 0.713. The fourth-order valence-electron chi connectivity index (χ4n) is 4.51. The second-order valence-corrected chi connectivity index (χ2v) is 8.83. The summed E-state index contributed by atoms with van der Waals surface area (Å²) in [4.78, 5) is 15.9. The van der Waals surface area contributed by atoms with Crippen molar-refractivity contribution in [3.05, 3.63) is 47.8 Å². The summed E-state index contributed by atoms with van der Waals surface area (Å²) in [6.07, 6.45) is 1.78. The maximum absolute atomic E-state index is 14.0. The van der Waals surface area contributed by atoms with Crippen molar-refractivity contribution in [2.45, 2.75) is 31.9 Å². The van der Waals surface area contributed by atoms with Gasteiger partial charge in [-0.25, -0.2) is 4.39 Å². The summed E-state index contributed by atoms with van der Waals surface area (Å²) in [6.45, 7) is 3.49. The molecule has 2 fully saturated rings. The third kappa shape index (κ3) is 5.22. The van der Waals surface area contributed by atoms with E-state index < -0.39 is 0 Å². The van der Waals surface area contributed by atoms with Crippen LogP contribution in [0.1, 0.15) is 24.8 Å². The Hall–Kier alpha value is -2.64. The van der Waals surface area contributed by atoms with Crippen molar-refractivity contribution in [1.29, 1.82) is 0 Å². The summed E-state index contributed by atoms with van der Waals surface area (Å²) in [5, 5.41) is 9.84. The zero-order chi connectivity index (χ0) is 22.7. The average Bonchev–Trinajstić information content (AvgIpc) is 3.11. The van der Waals surface area contributed by atoms with Gasteiger partial charge in [0, 0.05) is 56.7 Å². The number of hydrogen-bond donors (Lipinski definition) is 1. The number of carbonyl (C=O) groups is 1. The standard InChI is InChI=1S/C25H31FN2O4/c1-27-14-17(11-25(27)30)16-32-23-5-3-18(22-13-20(26)4-6-24(22)31-2)12-19(23)15-28-9-7-21(29)8-10-28/h3-6,12-13,17,21,29H,7-11,14-16H2,1-2H3. The molecule has 2 aromatic rings. The Balaban J connectivity index is 1.59. The molecule has 2 aliphatic heterocycles. The molecule has 0 saturated carbocycles. The number of amides is 1. The van der Waals surface area contributed by atoms with Crippen LogP contribution in [0.5, 0.6) is 11.5 Å². The van der Waals surface area contributed by atoms with Gasteiger partial charge in [-0.2, -0.15) is 0 Å². The van der Waals surface area contributed by atoms with Crippen LogP contribution >= 0.6 is 0 Å². The zero-order valence-corrected chi connectivity index (χ0v) is 18.7. The Bertz CT molecular complexity index is 959. The molecule has 0 radical (unpaired) electrons. The van der Waals surface area contributed by atoms with Crippen LogP contribution in [0.2, 0.25) is 0 Å². The van der Waals surface area contributed by atoms with Crippen LogP contribution in [-0.2, 0) is 11.3 Å². The molecule has 6 nitrogen and oxygen atoms in total. The number of nitrogens with zero attached hydrogens (tertiary/aromatic N) is 2. The van der Waals surface area contributed by atoms with Crippen LogP contribution < -0.4 is 9.47 Å². The van der Waals surface area contributed by atoms with Crippen molar-refractivity contribution in [2.75, 3.05) is 40.4 Å². The monoisotopic (exact) mass is 442 g/mol. The Morgan fingerprint density at radius 3 is 2.56 bits per heavy atom. The predicted molar refractivity (Wildman–Crippen MR) is 120 cm³/mol. The van der Waals surface area contributed by atoms with E-state index in [0.717, 1.165) is 42.8 Å². The number of piperidine rings is 1. The second-order valence-electron chi connectivity index (χ2n) is 8.83. The molecule has 2 aromatic carbocycles. The SMILES string of the molecule is COc1ccc(F)cc1-c1ccc(OCC2CC(=O)N(C)C2)c(CN2CCC(O)CC2)c1. The first-order valence-electron chi connectivity index (χ1n) is 11.2.